The molecule has 0 bridgehead atoms. The fourth-order valence-electron chi connectivity index (χ4n) is 1.89. The Morgan fingerprint density at radius 3 is 2.80 bits per heavy atom. The van der Waals surface area contributed by atoms with E-state index in [-0.39, 0.29) is 11.9 Å². The fraction of sp³-hybridized carbons (Fsp3) is 0.267. The van der Waals surface area contributed by atoms with E-state index in [9.17, 15) is 4.79 Å². The largest absolute Gasteiger partial charge is 0.497 e. The number of rotatable bonds is 5. The summed E-state index contributed by atoms with van der Waals surface area (Å²) < 4.78 is 5.18. The zero-order valence-corrected chi connectivity index (χ0v) is 12.3. The van der Waals surface area contributed by atoms with E-state index in [2.05, 4.69) is 5.32 Å². The number of nitrogens with one attached hydrogen (secondary N) is 1. The van der Waals surface area contributed by atoms with Gasteiger partial charge in [0.1, 0.15) is 11.8 Å². The van der Waals surface area contributed by atoms with Gasteiger partial charge in [0.05, 0.1) is 13.2 Å². The number of hydrogen-bond acceptors (Lipinski definition) is 4. The number of methoxy groups -OCH3 is 1. The fourth-order valence-corrected chi connectivity index (χ4v) is 2.62. The predicted molar refractivity (Wildman–Crippen MR) is 80.8 cm³/mol. The third-order valence-corrected chi connectivity index (χ3v) is 4.04. The molecule has 0 fully saturated rings. The first-order valence-corrected chi connectivity index (χ1v) is 7.23. The molecule has 0 spiro atoms. The van der Waals surface area contributed by atoms with E-state index in [0.717, 1.165) is 16.2 Å². The van der Waals surface area contributed by atoms with Gasteiger partial charge in [0.25, 0.3) is 0 Å². The van der Waals surface area contributed by atoms with Gasteiger partial charge in [0.15, 0.2) is 0 Å². The standard InChI is InChI=1S/C15H18N2O2S/c1-10(11-5-3-6-12(9-11)19-2)17-15(18)14(16)13-7-4-8-20-13/h3-10,14H,16H2,1-2H3,(H,17,18)/t10-,14?/m0/s1. The van der Waals surface area contributed by atoms with Crippen molar-refractivity contribution in [1.29, 1.82) is 0 Å². The Kier molecular flexibility index (Phi) is 4.76. The van der Waals surface area contributed by atoms with Gasteiger partial charge in [0.2, 0.25) is 5.91 Å². The molecule has 3 N–H and O–H groups in total. The van der Waals surface area contributed by atoms with Crippen LogP contribution in [0.5, 0.6) is 5.75 Å². The van der Waals surface area contributed by atoms with Crippen LogP contribution in [-0.4, -0.2) is 13.0 Å². The van der Waals surface area contributed by atoms with Crippen molar-refractivity contribution >= 4 is 17.2 Å². The van der Waals surface area contributed by atoms with Crippen molar-refractivity contribution < 1.29 is 9.53 Å². The zero-order chi connectivity index (χ0) is 14.5. The maximum atomic E-state index is 12.1. The molecule has 106 valence electrons. The van der Waals surface area contributed by atoms with Crippen molar-refractivity contribution in [2.45, 2.75) is 19.0 Å². The lowest BCUT2D eigenvalue weighted by atomic mass is 10.1. The van der Waals surface area contributed by atoms with Crippen molar-refractivity contribution in [3.05, 3.63) is 52.2 Å². The quantitative estimate of drug-likeness (QED) is 0.889. The molecule has 0 saturated heterocycles. The summed E-state index contributed by atoms with van der Waals surface area (Å²) in [7, 11) is 1.62. The van der Waals surface area contributed by atoms with E-state index in [1.54, 1.807) is 7.11 Å². The van der Waals surface area contributed by atoms with Gasteiger partial charge in [-0.25, -0.2) is 0 Å². The first-order chi connectivity index (χ1) is 9.61. The molecule has 0 aliphatic rings. The van der Waals surface area contributed by atoms with Gasteiger partial charge in [0, 0.05) is 4.88 Å². The molecule has 2 aromatic rings. The lowest BCUT2D eigenvalue weighted by Crippen LogP contribution is -2.35. The molecule has 5 heteroatoms. The third-order valence-electron chi connectivity index (χ3n) is 3.08. The molecule has 0 aliphatic heterocycles. The van der Waals surface area contributed by atoms with E-state index in [4.69, 9.17) is 10.5 Å². The molecular formula is C15H18N2O2S. The van der Waals surface area contributed by atoms with Crippen molar-refractivity contribution in [3.8, 4) is 5.75 Å². The van der Waals surface area contributed by atoms with E-state index >= 15 is 0 Å². The number of thiophene rings is 1. The number of benzene rings is 1. The van der Waals surface area contributed by atoms with Crippen LogP contribution in [0.2, 0.25) is 0 Å². The highest BCUT2D eigenvalue weighted by Crippen LogP contribution is 2.21. The van der Waals surface area contributed by atoms with Gasteiger partial charge in [-0.05, 0) is 36.1 Å². The number of hydrogen-bond donors (Lipinski definition) is 2. The van der Waals surface area contributed by atoms with Gasteiger partial charge in [-0.15, -0.1) is 11.3 Å². The molecule has 4 nitrogen and oxygen atoms in total. The Bertz CT molecular complexity index is 569. The summed E-state index contributed by atoms with van der Waals surface area (Å²) in [6, 6.07) is 10.6. The summed E-state index contributed by atoms with van der Waals surface area (Å²) in [5, 5.41) is 4.83. The molecule has 0 aliphatic carbocycles. The Balaban J connectivity index is 2.03. The maximum Gasteiger partial charge on any atom is 0.242 e. The van der Waals surface area contributed by atoms with Crippen LogP contribution in [0.4, 0.5) is 0 Å². The Morgan fingerprint density at radius 1 is 1.35 bits per heavy atom. The average molecular weight is 290 g/mol. The molecule has 1 heterocycles. The van der Waals surface area contributed by atoms with Crippen LogP contribution in [0, 0.1) is 0 Å². The van der Waals surface area contributed by atoms with Crippen LogP contribution in [0.15, 0.2) is 41.8 Å². The monoisotopic (exact) mass is 290 g/mol. The molecule has 1 aromatic carbocycles. The minimum Gasteiger partial charge on any atom is -0.497 e. The second kappa shape index (κ2) is 6.54. The van der Waals surface area contributed by atoms with Crippen molar-refractivity contribution in [1.82, 2.24) is 5.32 Å². The first kappa shape index (κ1) is 14.6. The topological polar surface area (TPSA) is 64.3 Å². The Labute approximate surface area is 122 Å². The lowest BCUT2D eigenvalue weighted by molar-refractivity contribution is -0.123. The maximum absolute atomic E-state index is 12.1. The smallest absolute Gasteiger partial charge is 0.242 e. The summed E-state index contributed by atoms with van der Waals surface area (Å²) in [5.41, 5.74) is 6.92. The van der Waals surface area contributed by atoms with E-state index in [1.807, 2.05) is 48.7 Å². The molecule has 1 amide bonds. The lowest BCUT2D eigenvalue weighted by Gasteiger charge is -2.17. The molecular weight excluding hydrogens is 272 g/mol. The van der Waals surface area contributed by atoms with E-state index < -0.39 is 6.04 Å². The summed E-state index contributed by atoms with van der Waals surface area (Å²) in [6.07, 6.45) is 0. The molecule has 0 radical (unpaired) electrons. The highest BCUT2D eigenvalue weighted by molar-refractivity contribution is 7.10. The number of nitrogens with two attached hydrogens (primary N) is 1. The molecule has 1 unspecified atom stereocenters. The second-order valence-electron chi connectivity index (χ2n) is 4.50. The van der Waals surface area contributed by atoms with Gasteiger partial charge in [-0.3, -0.25) is 4.79 Å². The van der Waals surface area contributed by atoms with Gasteiger partial charge in [-0.1, -0.05) is 18.2 Å². The molecule has 20 heavy (non-hydrogen) atoms. The number of carbonyl (C=O) groups is 1. The SMILES string of the molecule is COc1cccc([C@H](C)NC(=O)C(N)c2cccs2)c1. The normalized spacial score (nSPS) is 13.6. The van der Waals surface area contributed by atoms with E-state index in [1.165, 1.54) is 11.3 Å². The Hall–Kier alpha value is -1.85. The summed E-state index contributed by atoms with van der Waals surface area (Å²) in [6.45, 7) is 1.92. The van der Waals surface area contributed by atoms with Crippen LogP contribution < -0.4 is 15.8 Å². The van der Waals surface area contributed by atoms with Crippen molar-refractivity contribution in [2.24, 2.45) is 5.73 Å². The number of amides is 1. The minimum absolute atomic E-state index is 0.122. The van der Waals surface area contributed by atoms with Crippen LogP contribution in [0.25, 0.3) is 0 Å². The average Bonchev–Trinajstić information content (AvgIpc) is 3.00. The van der Waals surface area contributed by atoms with Crippen LogP contribution in [0.1, 0.15) is 29.4 Å². The number of carbonyl (C=O) groups excluding carboxylic acids is 1. The minimum atomic E-state index is -0.622. The summed E-state index contributed by atoms with van der Waals surface area (Å²) >= 11 is 1.48. The van der Waals surface area contributed by atoms with E-state index in [0.29, 0.717) is 0 Å². The number of ether oxygens (including phenoxy) is 1. The molecule has 0 saturated carbocycles. The van der Waals surface area contributed by atoms with Crippen molar-refractivity contribution in [2.75, 3.05) is 7.11 Å². The Morgan fingerprint density at radius 2 is 2.15 bits per heavy atom. The predicted octanol–water partition coefficient (Wildman–Crippen LogP) is 2.63. The first-order valence-electron chi connectivity index (χ1n) is 6.35. The molecule has 2 rings (SSSR count). The third kappa shape index (κ3) is 3.37. The zero-order valence-electron chi connectivity index (χ0n) is 11.5. The summed E-state index contributed by atoms with van der Waals surface area (Å²) in [4.78, 5) is 13.0. The molecule has 1 aromatic heterocycles. The van der Waals surface area contributed by atoms with Crippen LogP contribution >= 0.6 is 11.3 Å². The van der Waals surface area contributed by atoms with Gasteiger partial charge >= 0.3 is 0 Å². The summed E-state index contributed by atoms with van der Waals surface area (Å²) in [5.74, 6) is 0.592. The highest BCUT2D eigenvalue weighted by atomic mass is 32.1. The van der Waals surface area contributed by atoms with Crippen LogP contribution in [0.3, 0.4) is 0 Å². The van der Waals surface area contributed by atoms with Crippen molar-refractivity contribution in [3.63, 3.8) is 0 Å². The van der Waals surface area contributed by atoms with Crippen LogP contribution in [-0.2, 0) is 4.79 Å². The second-order valence-corrected chi connectivity index (χ2v) is 5.48. The highest BCUT2D eigenvalue weighted by Gasteiger charge is 2.19. The van der Waals surface area contributed by atoms with Gasteiger partial charge in [-0.2, -0.15) is 0 Å². The van der Waals surface area contributed by atoms with Gasteiger partial charge < -0.3 is 15.8 Å². The molecule has 2 atom stereocenters.